The zero-order valence-electron chi connectivity index (χ0n) is 13.5. The molecule has 3 rings (SSSR count). The Labute approximate surface area is 132 Å². The van der Waals surface area contributed by atoms with Gasteiger partial charge < -0.3 is 15.8 Å². The lowest BCUT2D eigenvalue weighted by molar-refractivity contribution is -0.151. The van der Waals surface area contributed by atoms with Crippen molar-refractivity contribution in [1.82, 2.24) is 5.32 Å². The number of esters is 1. The molecule has 3 saturated carbocycles. The molecule has 5 heteroatoms. The van der Waals surface area contributed by atoms with Crippen molar-refractivity contribution in [2.45, 2.75) is 69.4 Å². The molecule has 2 unspecified atom stereocenters. The summed E-state index contributed by atoms with van der Waals surface area (Å²) >= 11 is 0. The highest BCUT2D eigenvalue weighted by Gasteiger charge is 2.46. The summed E-state index contributed by atoms with van der Waals surface area (Å²) in [6, 6.07) is 0.263. The van der Waals surface area contributed by atoms with Gasteiger partial charge in [-0.1, -0.05) is 19.3 Å². The molecule has 3 aliphatic carbocycles. The quantitative estimate of drug-likeness (QED) is 0.778. The van der Waals surface area contributed by atoms with Gasteiger partial charge in [-0.15, -0.1) is 0 Å². The lowest BCUT2D eigenvalue weighted by atomic mass is 9.65. The second kappa shape index (κ2) is 6.19. The Morgan fingerprint density at radius 1 is 1.09 bits per heavy atom. The number of rotatable bonds is 3. The topological polar surface area (TPSA) is 81.4 Å². The molecule has 3 N–H and O–H groups in total. The first-order valence-electron chi connectivity index (χ1n) is 8.72. The summed E-state index contributed by atoms with van der Waals surface area (Å²) in [4.78, 5) is 24.9. The van der Waals surface area contributed by atoms with Gasteiger partial charge in [-0.3, -0.25) is 4.79 Å². The van der Waals surface area contributed by atoms with Gasteiger partial charge in [-0.25, -0.2) is 4.79 Å². The van der Waals surface area contributed by atoms with Crippen LogP contribution < -0.4 is 11.1 Å². The Kier molecular flexibility index (Phi) is 4.44. The number of nitrogens with one attached hydrogen (secondary N) is 1. The molecular formula is C17H28N2O3. The molecule has 2 atom stereocenters. The van der Waals surface area contributed by atoms with E-state index in [2.05, 4.69) is 5.32 Å². The Balaban J connectivity index is 1.67. The molecule has 0 aromatic carbocycles. The highest BCUT2D eigenvalue weighted by Crippen LogP contribution is 2.42. The Morgan fingerprint density at radius 2 is 1.68 bits per heavy atom. The summed E-state index contributed by atoms with van der Waals surface area (Å²) in [6.07, 6.45) is 8.61. The molecule has 2 bridgehead atoms. The van der Waals surface area contributed by atoms with Gasteiger partial charge in [0.2, 0.25) is 5.91 Å². The lowest BCUT2D eigenvalue weighted by Crippen LogP contribution is -2.56. The van der Waals surface area contributed by atoms with Crippen LogP contribution in [-0.4, -0.2) is 30.6 Å². The van der Waals surface area contributed by atoms with Crippen LogP contribution >= 0.6 is 0 Å². The van der Waals surface area contributed by atoms with Crippen molar-refractivity contribution in [1.29, 1.82) is 0 Å². The second-order valence-corrected chi connectivity index (χ2v) is 7.47. The molecule has 0 aromatic heterocycles. The van der Waals surface area contributed by atoms with Crippen molar-refractivity contribution in [3.05, 3.63) is 0 Å². The van der Waals surface area contributed by atoms with Crippen LogP contribution in [0.2, 0.25) is 0 Å². The predicted octanol–water partition coefficient (Wildman–Crippen LogP) is 1.74. The van der Waals surface area contributed by atoms with E-state index in [9.17, 15) is 9.59 Å². The van der Waals surface area contributed by atoms with Gasteiger partial charge in [-0.2, -0.15) is 0 Å². The number of methoxy groups -OCH3 is 1. The molecule has 0 aromatic rings. The van der Waals surface area contributed by atoms with E-state index in [-0.39, 0.29) is 23.8 Å². The van der Waals surface area contributed by atoms with Crippen molar-refractivity contribution in [2.75, 3.05) is 7.11 Å². The first-order valence-corrected chi connectivity index (χ1v) is 8.72. The molecule has 0 saturated heterocycles. The van der Waals surface area contributed by atoms with Crippen molar-refractivity contribution in [3.8, 4) is 0 Å². The second-order valence-electron chi connectivity index (χ2n) is 7.47. The van der Waals surface area contributed by atoms with Crippen LogP contribution in [0, 0.1) is 17.8 Å². The fraction of sp³-hybridized carbons (Fsp3) is 0.882. The fourth-order valence-electron chi connectivity index (χ4n) is 4.90. The average molecular weight is 308 g/mol. The number of carbonyl (C=O) groups excluding carboxylic acids is 2. The predicted molar refractivity (Wildman–Crippen MR) is 82.9 cm³/mol. The molecule has 5 nitrogen and oxygen atoms in total. The van der Waals surface area contributed by atoms with E-state index in [0.717, 1.165) is 38.5 Å². The van der Waals surface area contributed by atoms with Crippen LogP contribution in [0.25, 0.3) is 0 Å². The summed E-state index contributed by atoms with van der Waals surface area (Å²) in [5.74, 6) is 0.709. The molecule has 3 aliphatic rings. The smallest absolute Gasteiger partial charge is 0.331 e. The minimum atomic E-state index is -0.777. The Bertz CT molecular complexity index is 431. The highest BCUT2D eigenvalue weighted by molar-refractivity contribution is 5.89. The van der Waals surface area contributed by atoms with Crippen LogP contribution in [0.5, 0.6) is 0 Å². The van der Waals surface area contributed by atoms with Crippen LogP contribution in [-0.2, 0) is 14.3 Å². The average Bonchev–Trinajstić information content (AvgIpc) is 2.95. The summed E-state index contributed by atoms with van der Waals surface area (Å²) in [7, 11) is 1.40. The van der Waals surface area contributed by atoms with Crippen molar-refractivity contribution >= 4 is 11.9 Å². The molecule has 124 valence electrons. The molecule has 0 spiro atoms. The third kappa shape index (κ3) is 2.75. The number of ether oxygens (including phenoxy) is 1. The first kappa shape index (κ1) is 15.8. The van der Waals surface area contributed by atoms with E-state index in [1.807, 2.05) is 0 Å². The number of hydrogen-bond donors (Lipinski definition) is 2. The molecule has 0 radical (unpaired) electrons. The minimum Gasteiger partial charge on any atom is -0.467 e. The Morgan fingerprint density at radius 3 is 2.23 bits per heavy atom. The number of amides is 1. The van der Waals surface area contributed by atoms with Gasteiger partial charge in [0, 0.05) is 12.0 Å². The standard InChI is InChI=1S/C17H28N2O3/c1-22-16(21)17(7-2-3-8-17)19-15(20)13-9-11-5-4-6-12(10-13)14(11)18/h11-14H,2-10,18H2,1H3,(H,19,20). The summed E-state index contributed by atoms with van der Waals surface area (Å²) < 4.78 is 4.94. The van der Waals surface area contributed by atoms with Gasteiger partial charge in [0.05, 0.1) is 7.11 Å². The van der Waals surface area contributed by atoms with Crippen molar-refractivity contribution < 1.29 is 14.3 Å². The summed E-state index contributed by atoms with van der Waals surface area (Å²) in [5, 5.41) is 3.06. The highest BCUT2D eigenvalue weighted by atomic mass is 16.5. The van der Waals surface area contributed by atoms with Gasteiger partial charge in [-0.05, 0) is 50.4 Å². The van der Waals surface area contributed by atoms with Crippen LogP contribution in [0.15, 0.2) is 0 Å². The first-order chi connectivity index (χ1) is 10.6. The molecule has 0 heterocycles. The van der Waals surface area contributed by atoms with E-state index in [0.29, 0.717) is 24.7 Å². The number of nitrogens with two attached hydrogens (primary N) is 1. The van der Waals surface area contributed by atoms with E-state index < -0.39 is 5.54 Å². The Hall–Kier alpha value is -1.10. The lowest BCUT2D eigenvalue weighted by Gasteiger charge is -2.44. The normalized spacial score (nSPS) is 36.6. The number of fused-ring (bicyclic) bond motifs is 2. The minimum absolute atomic E-state index is 0.0113. The number of hydrogen-bond acceptors (Lipinski definition) is 4. The fourth-order valence-corrected chi connectivity index (χ4v) is 4.90. The van der Waals surface area contributed by atoms with Gasteiger partial charge >= 0.3 is 5.97 Å². The van der Waals surface area contributed by atoms with Gasteiger partial charge in [0.1, 0.15) is 5.54 Å². The maximum atomic E-state index is 12.8. The van der Waals surface area contributed by atoms with Crippen molar-refractivity contribution in [2.24, 2.45) is 23.5 Å². The maximum Gasteiger partial charge on any atom is 0.331 e. The molecule has 22 heavy (non-hydrogen) atoms. The van der Waals surface area contributed by atoms with Crippen LogP contribution in [0.1, 0.15) is 57.8 Å². The van der Waals surface area contributed by atoms with E-state index in [1.54, 1.807) is 0 Å². The monoisotopic (exact) mass is 308 g/mol. The van der Waals surface area contributed by atoms with E-state index >= 15 is 0 Å². The molecule has 3 fully saturated rings. The van der Waals surface area contributed by atoms with Crippen LogP contribution in [0.4, 0.5) is 0 Å². The third-order valence-electron chi connectivity index (χ3n) is 6.18. The summed E-state index contributed by atoms with van der Waals surface area (Å²) in [6.45, 7) is 0. The van der Waals surface area contributed by atoms with E-state index in [1.165, 1.54) is 13.5 Å². The van der Waals surface area contributed by atoms with Crippen molar-refractivity contribution in [3.63, 3.8) is 0 Å². The summed E-state index contributed by atoms with van der Waals surface area (Å²) in [5.41, 5.74) is 5.52. The third-order valence-corrected chi connectivity index (χ3v) is 6.18. The zero-order chi connectivity index (χ0) is 15.7. The zero-order valence-corrected chi connectivity index (χ0v) is 13.5. The van der Waals surface area contributed by atoms with Gasteiger partial charge in [0.15, 0.2) is 0 Å². The van der Waals surface area contributed by atoms with Crippen LogP contribution in [0.3, 0.4) is 0 Å². The van der Waals surface area contributed by atoms with Gasteiger partial charge in [0.25, 0.3) is 0 Å². The molecular weight excluding hydrogens is 280 g/mol. The molecule has 1 amide bonds. The number of carbonyl (C=O) groups is 2. The SMILES string of the molecule is COC(=O)C1(NC(=O)C2CC3CCCC(C2)C3N)CCCC1. The van der Waals surface area contributed by atoms with E-state index in [4.69, 9.17) is 10.5 Å². The molecule has 0 aliphatic heterocycles. The maximum absolute atomic E-state index is 12.8. The largest absolute Gasteiger partial charge is 0.467 e.